The Kier molecular flexibility index (Phi) is 13.9. The number of carboxylic acid groups (broad SMARTS) is 1. The number of pyridine rings is 1. The van der Waals surface area contributed by atoms with Crippen LogP contribution in [0.2, 0.25) is 5.02 Å². The van der Waals surface area contributed by atoms with E-state index in [2.05, 4.69) is 66.2 Å². The zero-order chi connectivity index (χ0) is 40.5. The molecule has 3 aromatic carbocycles. The van der Waals surface area contributed by atoms with Gasteiger partial charge in [0.2, 0.25) is 0 Å². The number of aromatic nitrogens is 1. The quantitative estimate of drug-likeness (QED) is 0.117. The zero-order valence-corrected chi connectivity index (χ0v) is 34.6. The molecule has 4 heterocycles. The van der Waals surface area contributed by atoms with Gasteiger partial charge in [0.05, 0.1) is 17.2 Å². The van der Waals surface area contributed by atoms with Crippen LogP contribution in [0, 0.1) is 30.6 Å². The second-order valence-electron chi connectivity index (χ2n) is 16.2. The second-order valence-corrected chi connectivity index (χ2v) is 16.6. The van der Waals surface area contributed by atoms with Crippen molar-refractivity contribution in [1.29, 1.82) is 5.26 Å². The van der Waals surface area contributed by atoms with Gasteiger partial charge < -0.3 is 29.0 Å². The lowest BCUT2D eigenvalue weighted by Gasteiger charge is -2.44. The maximum atomic E-state index is 12.1. The lowest BCUT2D eigenvalue weighted by Crippen LogP contribution is -2.44. The highest BCUT2D eigenvalue weighted by molar-refractivity contribution is 6.32. The van der Waals surface area contributed by atoms with Gasteiger partial charge in [-0.1, -0.05) is 48.4 Å². The minimum absolute atomic E-state index is 0.164. The molecule has 0 saturated carbocycles. The highest BCUT2D eigenvalue weighted by Crippen LogP contribution is 2.41. The monoisotopic (exact) mass is 806 g/mol. The smallest absolute Gasteiger partial charge is 0.320 e. The molecule has 0 aliphatic carbocycles. The molecule has 0 bridgehead atoms. The van der Waals surface area contributed by atoms with Gasteiger partial charge in [0.25, 0.3) is 0 Å². The second kappa shape index (κ2) is 19.4. The maximum absolute atomic E-state index is 12.1. The van der Waals surface area contributed by atoms with E-state index in [-0.39, 0.29) is 13.2 Å². The molecular formula is C47H55ClN4O6. The van der Waals surface area contributed by atoms with Crippen molar-refractivity contribution in [3.63, 3.8) is 0 Å². The highest BCUT2D eigenvalue weighted by Gasteiger charge is 2.36. The van der Waals surface area contributed by atoms with Gasteiger partial charge in [-0.15, -0.1) is 0 Å². The normalized spacial score (nSPS) is 18.4. The standard InChI is InChI=1S/C47H55ClN4O6/c1-33-37(8-5-9-39(33)40-10-6-12-43(34(40)2)56-21-7-17-51-19-13-47(14-20-51)15-22-55-23-16-47)32-58-45-26-44(57-31-36-24-35(27-49)28-50-29-36)38(25-41(45)48)30-52-18-4-3-11-42(52)46(53)54/h5-6,8-10,12,24-26,28-29,42H,3-4,7,11,13-23,30-32H2,1-2H3,(H,53,54)/t42-/m0/s1. The van der Waals surface area contributed by atoms with Crippen molar-refractivity contribution in [2.75, 3.05) is 46.0 Å². The van der Waals surface area contributed by atoms with Gasteiger partial charge in [-0.2, -0.15) is 5.26 Å². The molecule has 0 unspecified atom stereocenters. The summed E-state index contributed by atoms with van der Waals surface area (Å²) in [4.78, 5) is 20.8. The van der Waals surface area contributed by atoms with Crippen LogP contribution in [0.3, 0.4) is 0 Å². The summed E-state index contributed by atoms with van der Waals surface area (Å²) in [6.45, 7) is 11.6. The van der Waals surface area contributed by atoms with Crippen molar-refractivity contribution in [1.82, 2.24) is 14.8 Å². The number of carbonyl (C=O) groups is 1. The first kappa shape index (κ1) is 41.5. The first-order valence-electron chi connectivity index (χ1n) is 20.7. The molecule has 1 atom stereocenters. The lowest BCUT2D eigenvalue weighted by atomic mass is 9.72. The number of carboxylic acids is 1. The van der Waals surface area contributed by atoms with Gasteiger partial charge in [0.15, 0.2) is 0 Å². The molecule has 1 spiro atoms. The van der Waals surface area contributed by atoms with Crippen LogP contribution in [-0.4, -0.2) is 77.9 Å². The van der Waals surface area contributed by atoms with Gasteiger partial charge in [0, 0.05) is 55.9 Å². The molecule has 7 rings (SSSR count). The molecule has 0 amide bonds. The number of aliphatic carboxylic acids is 1. The minimum atomic E-state index is -0.827. The van der Waals surface area contributed by atoms with E-state index in [1.807, 2.05) is 11.0 Å². The number of halogens is 1. The Morgan fingerprint density at radius 2 is 1.66 bits per heavy atom. The average Bonchev–Trinajstić information content (AvgIpc) is 3.24. The molecule has 3 fully saturated rings. The number of hydrogen-bond donors (Lipinski definition) is 1. The van der Waals surface area contributed by atoms with Crippen LogP contribution >= 0.6 is 11.6 Å². The lowest BCUT2D eigenvalue weighted by molar-refractivity contribution is -0.144. The summed E-state index contributed by atoms with van der Waals surface area (Å²) >= 11 is 6.89. The molecule has 1 aromatic heterocycles. The van der Waals surface area contributed by atoms with E-state index in [9.17, 15) is 15.2 Å². The van der Waals surface area contributed by atoms with Gasteiger partial charge in [0.1, 0.15) is 42.6 Å². The molecule has 0 radical (unpaired) electrons. The van der Waals surface area contributed by atoms with Crippen molar-refractivity contribution in [2.45, 2.75) is 91.0 Å². The average molecular weight is 807 g/mol. The van der Waals surface area contributed by atoms with E-state index < -0.39 is 12.0 Å². The Bertz CT molecular complexity index is 2090. The molecule has 11 heteroatoms. The maximum Gasteiger partial charge on any atom is 0.320 e. The molecule has 1 N–H and O–H groups in total. The number of benzene rings is 3. The third-order valence-electron chi connectivity index (χ3n) is 12.5. The van der Waals surface area contributed by atoms with Crippen LogP contribution in [0.25, 0.3) is 11.1 Å². The summed E-state index contributed by atoms with van der Waals surface area (Å²) in [5, 5.41) is 19.7. The van der Waals surface area contributed by atoms with Crippen molar-refractivity contribution in [2.24, 2.45) is 5.41 Å². The summed E-state index contributed by atoms with van der Waals surface area (Å²) in [7, 11) is 0. The van der Waals surface area contributed by atoms with Crippen LogP contribution in [0.4, 0.5) is 0 Å². The number of piperidine rings is 2. The summed E-state index contributed by atoms with van der Waals surface area (Å²) in [5.41, 5.74) is 7.93. The van der Waals surface area contributed by atoms with Crippen molar-refractivity contribution >= 4 is 17.6 Å². The van der Waals surface area contributed by atoms with Gasteiger partial charge in [-0.25, -0.2) is 0 Å². The Balaban J connectivity index is 1.02. The fraction of sp³-hybridized carbons (Fsp3) is 0.468. The molecule has 4 aromatic rings. The predicted molar refractivity (Wildman–Crippen MR) is 224 cm³/mol. The third-order valence-corrected chi connectivity index (χ3v) is 12.8. The first-order valence-corrected chi connectivity index (χ1v) is 21.1. The fourth-order valence-electron chi connectivity index (χ4n) is 8.79. The number of nitrogens with zero attached hydrogens (tertiary/aromatic N) is 4. The molecule has 58 heavy (non-hydrogen) atoms. The van der Waals surface area contributed by atoms with Crippen molar-refractivity contribution in [3.8, 4) is 34.4 Å². The van der Waals surface area contributed by atoms with Crippen LogP contribution < -0.4 is 14.2 Å². The van der Waals surface area contributed by atoms with Crippen LogP contribution in [0.5, 0.6) is 17.2 Å². The number of nitriles is 1. The molecule has 3 aliphatic heterocycles. The molecule has 3 saturated heterocycles. The molecule has 3 aliphatic rings. The SMILES string of the molecule is Cc1c(COc2cc(OCc3cncc(C#N)c3)c(CN3CCCC[C@H]3C(=O)O)cc2Cl)cccc1-c1cccc(OCCCN2CCC3(CCOCC3)CC2)c1C. The summed E-state index contributed by atoms with van der Waals surface area (Å²) in [6, 6.07) is 19.4. The van der Waals surface area contributed by atoms with E-state index >= 15 is 0 Å². The number of ether oxygens (including phenoxy) is 4. The Hall–Kier alpha value is -4.66. The highest BCUT2D eigenvalue weighted by atomic mass is 35.5. The number of hydrogen-bond acceptors (Lipinski definition) is 9. The van der Waals surface area contributed by atoms with Gasteiger partial charge in [-0.05, 0) is 130 Å². The zero-order valence-electron chi connectivity index (χ0n) is 33.8. The van der Waals surface area contributed by atoms with E-state index in [0.717, 1.165) is 83.7 Å². The summed E-state index contributed by atoms with van der Waals surface area (Å²) in [5.74, 6) is 1.08. The van der Waals surface area contributed by atoms with Gasteiger partial charge >= 0.3 is 5.97 Å². The largest absolute Gasteiger partial charge is 0.493 e. The molecule has 306 valence electrons. The molecule has 10 nitrogen and oxygen atoms in total. The minimum Gasteiger partial charge on any atom is -0.493 e. The van der Waals surface area contributed by atoms with Crippen LogP contribution in [-0.2, 0) is 29.3 Å². The summed E-state index contributed by atoms with van der Waals surface area (Å²) < 4.78 is 24.8. The van der Waals surface area contributed by atoms with E-state index in [1.54, 1.807) is 18.3 Å². The molecular weight excluding hydrogens is 752 g/mol. The third kappa shape index (κ3) is 10.1. The van der Waals surface area contributed by atoms with Crippen LogP contribution in [0.1, 0.15) is 84.7 Å². The van der Waals surface area contributed by atoms with E-state index in [4.69, 9.17) is 30.5 Å². The van der Waals surface area contributed by atoms with Gasteiger partial charge in [-0.3, -0.25) is 14.7 Å². The number of rotatable bonds is 15. The number of likely N-dealkylation sites (tertiary alicyclic amines) is 2. The van der Waals surface area contributed by atoms with Crippen molar-refractivity contribution < 1.29 is 28.8 Å². The Morgan fingerprint density at radius 1 is 0.897 bits per heavy atom. The van der Waals surface area contributed by atoms with E-state index in [0.29, 0.717) is 53.6 Å². The van der Waals surface area contributed by atoms with Crippen molar-refractivity contribution in [3.05, 3.63) is 105 Å². The topological polar surface area (TPSA) is 117 Å². The Morgan fingerprint density at radius 3 is 2.43 bits per heavy atom. The first-order chi connectivity index (χ1) is 28.2. The Labute approximate surface area is 347 Å². The van der Waals surface area contributed by atoms with E-state index in [1.165, 1.54) is 45.0 Å². The summed E-state index contributed by atoms with van der Waals surface area (Å²) in [6.07, 6.45) is 11.6. The fourth-order valence-corrected chi connectivity index (χ4v) is 9.03. The predicted octanol–water partition coefficient (Wildman–Crippen LogP) is 9.15. The van der Waals surface area contributed by atoms with Crippen LogP contribution in [0.15, 0.2) is 67.0 Å².